The lowest BCUT2D eigenvalue weighted by Crippen LogP contribution is -2.01. The fourth-order valence-electron chi connectivity index (χ4n) is 1.33. The van der Waals surface area contributed by atoms with E-state index in [0.717, 1.165) is 17.6 Å². The lowest BCUT2D eigenvalue weighted by atomic mass is 10.1. The van der Waals surface area contributed by atoms with Crippen molar-refractivity contribution in [2.24, 2.45) is 5.73 Å². The summed E-state index contributed by atoms with van der Waals surface area (Å²) >= 11 is 0. The molecule has 0 atom stereocenters. The topological polar surface area (TPSA) is 26.0 Å². The number of hydrogen-bond donors (Lipinski definition) is 1. The van der Waals surface area contributed by atoms with Crippen molar-refractivity contribution in [1.29, 1.82) is 0 Å². The number of benzene rings is 1. The van der Waals surface area contributed by atoms with Gasteiger partial charge in [0.1, 0.15) is 0 Å². The third-order valence-electron chi connectivity index (χ3n) is 2.25. The van der Waals surface area contributed by atoms with E-state index in [1.54, 1.807) is 12.1 Å². The summed E-state index contributed by atoms with van der Waals surface area (Å²) in [5, 5.41) is 0. The minimum absolute atomic E-state index is 0.0521. The fourth-order valence-corrected chi connectivity index (χ4v) is 1.33. The molecule has 0 saturated carbocycles. The van der Waals surface area contributed by atoms with Crippen LogP contribution in [-0.4, -0.2) is 6.54 Å². The van der Waals surface area contributed by atoms with Gasteiger partial charge in [-0.15, -0.1) is 0 Å². The molecule has 0 heterocycles. The lowest BCUT2D eigenvalue weighted by Gasteiger charge is -2.03. The first-order chi connectivity index (χ1) is 7.17. The van der Waals surface area contributed by atoms with Crippen LogP contribution in [0.25, 0.3) is 6.08 Å². The van der Waals surface area contributed by atoms with Crippen molar-refractivity contribution in [1.82, 2.24) is 0 Å². The molecule has 0 radical (unpaired) electrons. The van der Waals surface area contributed by atoms with Crippen LogP contribution in [0, 0.1) is 0 Å². The van der Waals surface area contributed by atoms with E-state index in [0.29, 0.717) is 6.54 Å². The van der Waals surface area contributed by atoms with Crippen LogP contribution in [0.2, 0.25) is 0 Å². The van der Waals surface area contributed by atoms with Crippen LogP contribution in [0.4, 0.5) is 8.78 Å². The number of halogens is 2. The summed E-state index contributed by atoms with van der Waals surface area (Å²) in [4.78, 5) is 0. The standard InChI is InChI=1S/C12H15F2N/c1-2-9(8-15)6-10-4-3-5-11(7-10)12(13)14/h3-7,12H,2,8,15H2,1H3/b9-6-. The van der Waals surface area contributed by atoms with E-state index in [2.05, 4.69) is 0 Å². The molecule has 0 aliphatic carbocycles. The van der Waals surface area contributed by atoms with Crippen LogP contribution >= 0.6 is 0 Å². The van der Waals surface area contributed by atoms with E-state index in [1.165, 1.54) is 12.1 Å². The van der Waals surface area contributed by atoms with Gasteiger partial charge in [-0.1, -0.05) is 36.8 Å². The Hall–Kier alpha value is -1.22. The van der Waals surface area contributed by atoms with Crippen molar-refractivity contribution in [2.75, 3.05) is 6.54 Å². The third kappa shape index (κ3) is 3.44. The quantitative estimate of drug-likeness (QED) is 0.811. The Labute approximate surface area is 88.6 Å². The van der Waals surface area contributed by atoms with Gasteiger partial charge in [0.2, 0.25) is 0 Å². The Kier molecular flexibility index (Phi) is 4.43. The molecule has 1 aromatic rings. The van der Waals surface area contributed by atoms with Gasteiger partial charge in [0.05, 0.1) is 0 Å². The van der Waals surface area contributed by atoms with Crippen LogP contribution in [-0.2, 0) is 0 Å². The summed E-state index contributed by atoms with van der Waals surface area (Å²) in [7, 11) is 0. The van der Waals surface area contributed by atoms with Crippen LogP contribution in [0.3, 0.4) is 0 Å². The van der Waals surface area contributed by atoms with Gasteiger partial charge in [0, 0.05) is 12.1 Å². The van der Waals surface area contributed by atoms with Crippen molar-refractivity contribution >= 4 is 6.08 Å². The van der Waals surface area contributed by atoms with Gasteiger partial charge in [0.15, 0.2) is 0 Å². The molecule has 0 amide bonds. The molecule has 1 nitrogen and oxygen atoms in total. The van der Waals surface area contributed by atoms with Crippen molar-refractivity contribution in [2.45, 2.75) is 19.8 Å². The zero-order valence-corrected chi connectivity index (χ0v) is 8.71. The Morgan fingerprint density at radius 2 is 2.20 bits per heavy atom. The molecule has 1 rings (SSSR count). The Balaban J connectivity index is 2.95. The SMILES string of the molecule is CC/C(=C/c1cccc(C(F)F)c1)CN. The maximum Gasteiger partial charge on any atom is 0.263 e. The van der Waals surface area contributed by atoms with Crippen molar-refractivity contribution in [3.05, 3.63) is 41.0 Å². The van der Waals surface area contributed by atoms with Crippen LogP contribution in [0.5, 0.6) is 0 Å². The molecule has 0 aromatic heterocycles. The van der Waals surface area contributed by atoms with Gasteiger partial charge >= 0.3 is 0 Å². The monoisotopic (exact) mass is 211 g/mol. The summed E-state index contributed by atoms with van der Waals surface area (Å²) in [6.07, 6.45) is 0.294. The Morgan fingerprint density at radius 1 is 1.47 bits per heavy atom. The Morgan fingerprint density at radius 3 is 2.73 bits per heavy atom. The predicted molar refractivity (Wildman–Crippen MR) is 58.7 cm³/mol. The summed E-state index contributed by atoms with van der Waals surface area (Å²) < 4.78 is 24.8. The van der Waals surface area contributed by atoms with Crippen molar-refractivity contribution in [3.8, 4) is 0 Å². The van der Waals surface area contributed by atoms with Gasteiger partial charge < -0.3 is 5.73 Å². The number of alkyl halides is 2. The van der Waals surface area contributed by atoms with E-state index >= 15 is 0 Å². The summed E-state index contributed by atoms with van der Waals surface area (Å²) in [5.74, 6) is 0. The van der Waals surface area contributed by atoms with Crippen molar-refractivity contribution < 1.29 is 8.78 Å². The number of rotatable bonds is 4. The second-order valence-corrected chi connectivity index (χ2v) is 3.33. The summed E-state index contributed by atoms with van der Waals surface area (Å²) in [5.41, 5.74) is 7.41. The molecular weight excluding hydrogens is 196 g/mol. The van der Waals surface area contributed by atoms with Gasteiger partial charge in [-0.25, -0.2) is 8.78 Å². The summed E-state index contributed by atoms with van der Waals surface area (Å²) in [6.45, 7) is 2.46. The first-order valence-electron chi connectivity index (χ1n) is 4.95. The van der Waals surface area contributed by atoms with Crippen LogP contribution in [0.1, 0.15) is 30.9 Å². The highest BCUT2D eigenvalue weighted by molar-refractivity contribution is 5.54. The maximum absolute atomic E-state index is 12.4. The fraction of sp³-hybridized carbons (Fsp3) is 0.333. The van der Waals surface area contributed by atoms with Crippen LogP contribution in [0.15, 0.2) is 29.8 Å². The molecule has 0 unspecified atom stereocenters. The maximum atomic E-state index is 12.4. The highest BCUT2D eigenvalue weighted by Gasteiger charge is 2.06. The predicted octanol–water partition coefficient (Wildman–Crippen LogP) is 3.38. The highest BCUT2D eigenvalue weighted by Crippen LogP contribution is 2.20. The minimum atomic E-state index is -2.42. The zero-order chi connectivity index (χ0) is 11.3. The second kappa shape index (κ2) is 5.61. The number of hydrogen-bond acceptors (Lipinski definition) is 1. The summed E-state index contributed by atoms with van der Waals surface area (Å²) in [6, 6.07) is 6.36. The van der Waals surface area contributed by atoms with Gasteiger partial charge in [-0.05, 0) is 18.1 Å². The minimum Gasteiger partial charge on any atom is -0.327 e. The molecule has 0 saturated heterocycles. The van der Waals surface area contributed by atoms with Crippen molar-refractivity contribution in [3.63, 3.8) is 0 Å². The first-order valence-corrected chi connectivity index (χ1v) is 4.95. The van der Waals surface area contributed by atoms with Crippen LogP contribution < -0.4 is 5.73 Å². The molecule has 0 spiro atoms. The van der Waals surface area contributed by atoms with Gasteiger partial charge in [-0.2, -0.15) is 0 Å². The van der Waals surface area contributed by atoms with E-state index in [1.807, 2.05) is 13.0 Å². The highest BCUT2D eigenvalue weighted by atomic mass is 19.3. The third-order valence-corrected chi connectivity index (χ3v) is 2.25. The number of nitrogens with two attached hydrogens (primary N) is 1. The first kappa shape index (κ1) is 11.9. The van der Waals surface area contributed by atoms with E-state index in [-0.39, 0.29) is 5.56 Å². The molecular formula is C12H15F2N. The average molecular weight is 211 g/mol. The largest absolute Gasteiger partial charge is 0.327 e. The molecule has 82 valence electrons. The molecule has 1 aromatic carbocycles. The molecule has 15 heavy (non-hydrogen) atoms. The second-order valence-electron chi connectivity index (χ2n) is 3.33. The average Bonchev–Trinajstić information content (AvgIpc) is 2.26. The lowest BCUT2D eigenvalue weighted by molar-refractivity contribution is 0.151. The zero-order valence-electron chi connectivity index (χ0n) is 8.71. The van der Waals surface area contributed by atoms with Gasteiger partial charge in [-0.3, -0.25) is 0 Å². The van der Waals surface area contributed by atoms with Gasteiger partial charge in [0.25, 0.3) is 6.43 Å². The molecule has 0 aliphatic heterocycles. The molecule has 0 aliphatic rings. The molecule has 0 bridgehead atoms. The van der Waals surface area contributed by atoms with E-state index < -0.39 is 6.43 Å². The Bertz CT molecular complexity index is 339. The van der Waals surface area contributed by atoms with E-state index in [9.17, 15) is 8.78 Å². The smallest absolute Gasteiger partial charge is 0.263 e. The normalized spacial score (nSPS) is 12.2. The molecule has 0 fully saturated rings. The molecule has 3 heteroatoms. The van der Waals surface area contributed by atoms with E-state index in [4.69, 9.17) is 5.73 Å². The molecule has 2 N–H and O–H groups in total.